The molecule has 2 unspecified atom stereocenters. The van der Waals surface area contributed by atoms with E-state index in [0.29, 0.717) is 31.1 Å². The molecular formula is C20H20F3N3O3. The van der Waals surface area contributed by atoms with Crippen LogP contribution in [0.3, 0.4) is 0 Å². The number of anilines is 1. The molecule has 2 bridgehead atoms. The van der Waals surface area contributed by atoms with Crippen LogP contribution in [0.5, 0.6) is 5.75 Å². The molecule has 5 rings (SSSR count). The highest BCUT2D eigenvalue weighted by Crippen LogP contribution is 2.47. The van der Waals surface area contributed by atoms with Crippen LogP contribution in [-0.4, -0.2) is 40.7 Å². The molecule has 0 amide bonds. The second-order valence-electron chi connectivity index (χ2n) is 7.75. The average Bonchev–Trinajstić information content (AvgIpc) is 3.31. The number of benzene rings is 1. The van der Waals surface area contributed by atoms with E-state index in [-0.39, 0.29) is 23.8 Å². The van der Waals surface area contributed by atoms with Gasteiger partial charge in [0.15, 0.2) is 5.82 Å². The van der Waals surface area contributed by atoms with Gasteiger partial charge in [-0.15, -0.1) is 10.2 Å². The lowest BCUT2D eigenvalue weighted by atomic mass is 9.93. The fourth-order valence-corrected chi connectivity index (χ4v) is 4.41. The third-order valence-electron chi connectivity index (χ3n) is 5.83. The van der Waals surface area contributed by atoms with Crippen molar-refractivity contribution in [2.24, 2.45) is 0 Å². The van der Waals surface area contributed by atoms with Crippen molar-refractivity contribution in [3.63, 3.8) is 0 Å². The maximum atomic E-state index is 13.0. The first-order valence-corrected chi connectivity index (χ1v) is 9.70. The van der Waals surface area contributed by atoms with Crippen LogP contribution in [0.15, 0.2) is 18.2 Å². The molecule has 3 atom stereocenters. The first-order chi connectivity index (χ1) is 13.9. The van der Waals surface area contributed by atoms with Gasteiger partial charge in [-0.05, 0) is 43.0 Å². The molecule has 3 aliphatic rings. The first kappa shape index (κ1) is 18.6. The maximum Gasteiger partial charge on any atom is 0.416 e. The van der Waals surface area contributed by atoms with Crippen molar-refractivity contribution in [3.05, 3.63) is 34.9 Å². The molecule has 0 saturated carbocycles. The highest BCUT2D eigenvalue weighted by molar-refractivity contribution is 5.73. The van der Waals surface area contributed by atoms with Crippen molar-refractivity contribution >= 4 is 5.82 Å². The van der Waals surface area contributed by atoms with Crippen molar-refractivity contribution in [2.75, 3.05) is 18.5 Å². The minimum atomic E-state index is -4.52. The highest BCUT2D eigenvalue weighted by atomic mass is 19.4. The molecule has 1 aromatic heterocycles. The van der Waals surface area contributed by atoms with Crippen molar-refractivity contribution in [3.8, 4) is 17.0 Å². The molecular weight excluding hydrogens is 387 g/mol. The summed E-state index contributed by atoms with van der Waals surface area (Å²) in [7, 11) is 0. The largest absolute Gasteiger partial charge is 0.507 e. The third-order valence-corrected chi connectivity index (χ3v) is 5.83. The number of phenols is 1. The predicted octanol–water partition coefficient (Wildman–Crippen LogP) is 3.85. The number of rotatable bonds is 3. The van der Waals surface area contributed by atoms with Gasteiger partial charge in [0.25, 0.3) is 0 Å². The fourth-order valence-electron chi connectivity index (χ4n) is 4.41. The first-order valence-electron chi connectivity index (χ1n) is 9.70. The number of fused-ring (bicyclic) bond motifs is 4. The summed E-state index contributed by atoms with van der Waals surface area (Å²) in [5.74, 6) is 0.177. The molecule has 1 aromatic carbocycles. The summed E-state index contributed by atoms with van der Waals surface area (Å²) in [6, 6.07) is 3.09. The zero-order chi connectivity index (χ0) is 20.2. The number of nitrogens with one attached hydrogen (secondary N) is 1. The second kappa shape index (κ2) is 6.84. The van der Waals surface area contributed by atoms with Crippen LogP contribution < -0.4 is 5.32 Å². The Morgan fingerprint density at radius 1 is 1.14 bits per heavy atom. The Morgan fingerprint density at radius 3 is 2.72 bits per heavy atom. The van der Waals surface area contributed by atoms with E-state index >= 15 is 0 Å². The van der Waals surface area contributed by atoms with Crippen LogP contribution in [0.1, 0.15) is 42.1 Å². The van der Waals surface area contributed by atoms with Crippen LogP contribution in [0.25, 0.3) is 11.3 Å². The van der Waals surface area contributed by atoms with Crippen molar-refractivity contribution in [1.82, 2.24) is 10.2 Å². The Bertz CT molecular complexity index is 945. The normalized spacial score (nSPS) is 25.8. The molecule has 2 aromatic rings. The van der Waals surface area contributed by atoms with E-state index in [4.69, 9.17) is 9.47 Å². The second-order valence-corrected chi connectivity index (χ2v) is 7.75. The Labute approximate surface area is 165 Å². The SMILES string of the molecule is Oc1cc(C(F)(F)F)ccc1-c1nnc(N[C@@H]2CCOC2)c2c1CC1CCC2O1. The van der Waals surface area contributed by atoms with Crippen LogP contribution >= 0.6 is 0 Å². The lowest BCUT2D eigenvalue weighted by molar-refractivity contribution is -0.137. The van der Waals surface area contributed by atoms with E-state index in [1.807, 2.05) is 0 Å². The summed E-state index contributed by atoms with van der Waals surface area (Å²) >= 11 is 0. The summed E-state index contributed by atoms with van der Waals surface area (Å²) in [5.41, 5.74) is 1.55. The van der Waals surface area contributed by atoms with Gasteiger partial charge in [0.2, 0.25) is 0 Å². The van der Waals surface area contributed by atoms with E-state index in [2.05, 4.69) is 15.5 Å². The number of aromatic hydroxyl groups is 1. The minimum absolute atomic E-state index is 0.0507. The Balaban J connectivity index is 1.59. The van der Waals surface area contributed by atoms with Crippen LogP contribution in [0.4, 0.5) is 19.0 Å². The maximum absolute atomic E-state index is 13.0. The molecule has 2 fully saturated rings. The van der Waals surface area contributed by atoms with Gasteiger partial charge < -0.3 is 19.9 Å². The molecule has 0 aliphatic carbocycles. The summed E-state index contributed by atoms with van der Waals surface area (Å²) < 4.78 is 50.4. The number of aromatic nitrogens is 2. The van der Waals surface area contributed by atoms with Gasteiger partial charge >= 0.3 is 6.18 Å². The topological polar surface area (TPSA) is 76.5 Å². The summed E-state index contributed by atoms with van der Waals surface area (Å²) in [5, 5.41) is 22.3. The molecule has 29 heavy (non-hydrogen) atoms. The Hall–Kier alpha value is -2.39. The highest BCUT2D eigenvalue weighted by Gasteiger charge is 2.39. The van der Waals surface area contributed by atoms with Crippen LogP contribution in [-0.2, 0) is 22.1 Å². The quantitative estimate of drug-likeness (QED) is 0.805. The molecule has 9 heteroatoms. The van der Waals surface area contributed by atoms with Crippen LogP contribution in [0.2, 0.25) is 0 Å². The molecule has 4 heterocycles. The molecule has 6 nitrogen and oxygen atoms in total. The average molecular weight is 407 g/mol. The molecule has 2 N–H and O–H groups in total. The van der Waals surface area contributed by atoms with Gasteiger partial charge in [-0.2, -0.15) is 13.2 Å². The minimum Gasteiger partial charge on any atom is -0.507 e. The summed E-state index contributed by atoms with van der Waals surface area (Å²) in [6.45, 7) is 1.28. The van der Waals surface area contributed by atoms with E-state index in [1.54, 1.807) is 0 Å². The number of phenolic OH excluding ortho intramolecular Hbond substituents is 1. The summed E-state index contributed by atoms with van der Waals surface area (Å²) in [4.78, 5) is 0. The van der Waals surface area contributed by atoms with Crippen LogP contribution in [0, 0.1) is 0 Å². The Kier molecular flexibility index (Phi) is 4.40. The van der Waals surface area contributed by atoms with Gasteiger partial charge in [-0.1, -0.05) is 0 Å². The molecule has 0 radical (unpaired) electrons. The third kappa shape index (κ3) is 3.32. The molecule has 3 aliphatic heterocycles. The van der Waals surface area contributed by atoms with E-state index in [9.17, 15) is 18.3 Å². The number of hydrogen-bond donors (Lipinski definition) is 2. The van der Waals surface area contributed by atoms with E-state index < -0.39 is 17.5 Å². The standard InChI is InChI=1S/C20H20F3N3O3/c21-20(22,23)10-1-3-13(15(27)7-10)18-14-8-12-2-4-16(29-12)17(14)19(26-25-18)24-11-5-6-28-9-11/h1,3,7,11-12,16,27H,2,4-6,8-9H2,(H,24,26)/t11-,12?,16?/m1/s1. The molecule has 0 spiro atoms. The monoisotopic (exact) mass is 407 g/mol. The lowest BCUT2D eigenvalue weighted by Crippen LogP contribution is -2.26. The van der Waals surface area contributed by atoms with Gasteiger partial charge in [0.05, 0.1) is 30.4 Å². The van der Waals surface area contributed by atoms with Gasteiger partial charge in [0.1, 0.15) is 11.4 Å². The number of ether oxygens (including phenoxy) is 2. The zero-order valence-corrected chi connectivity index (χ0v) is 15.5. The number of nitrogens with zero attached hydrogens (tertiary/aromatic N) is 2. The molecule has 2 saturated heterocycles. The zero-order valence-electron chi connectivity index (χ0n) is 15.5. The smallest absolute Gasteiger partial charge is 0.416 e. The predicted molar refractivity (Wildman–Crippen MR) is 97.5 cm³/mol. The van der Waals surface area contributed by atoms with Crippen molar-refractivity contribution in [1.29, 1.82) is 0 Å². The lowest BCUT2D eigenvalue weighted by Gasteiger charge is -2.28. The number of hydrogen-bond acceptors (Lipinski definition) is 6. The number of alkyl halides is 3. The van der Waals surface area contributed by atoms with Crippen molar-refractivity contribution < 1.29 is 27.8 Å². The van der Waals surface area contributed by atoms with Gasteiger partial charge in [-0.25, -0.2) is 0 Å². The van der Waals surface area contributed by atoms with E-state index in [1.165, 1.54) is 6.07 Å². The van der Waals surface area contributed by atoms with Crippen molar-refractivity contribution in [2.45, 2.75) is 50.1 Å². The van der Waals surface area contributed by atoms with E-state index in [0.717, 1.165) is 42.5 Å². The molecule has 154 valence electrons. The number of halogens is 3. The van der Waals surface area contributed by atoms with Gasteiger partial charge in [0, 0.05) is 24.2 Å². The Morgan fingerprint density at radius 2 is 2.00 bits per heavy atom. The summed E-state index contributed by atoms with van der Waals surface area (Å²) in [6.07, 6.45) is -1.37. The fraction of sp³-hybridized carbons (Fsp3) is 0.500. The van der Waals surface area contributed by atoms with Gasteiger partial charge in [-0.3, -0.25) is 0 Å².